The van der Waals surface area contributed by atoms with E-state index >= 15 is 0 Å². The average molecular weight is 220 g/mol. The minimum Gasteiger partial charge on any atom is -0.443 e. The number of carbonyl (C=O) groups excluding carboxylic acids is 1. The zero-order valence-corrected chi connectivity index (χ0v) is 8.51. The quantitative estimate of drug-likeness (QED) is 0.373. The lowest BCUT2D eigenvalue weighted by Gasteiger charge is -2.09. The second-order valence-corrected chi connectivity index (χ2v) is 3.47. The fourth-order valence-corrected chi connectivity index (χ4v) is 1.48. The Hall–Kier alpha value is -1.92. The normalized spacial score (nSPS) is 12.6. The lowest BCUT2D eigenvalue weighted by molar-refractivity contribution is -0.122. The molecule has 0 saturated carbocycles. The highest BCUT2D eigenvalue weighted by molar-refractivity contribution is 5.81. The van der Waals surface area contributed by atoms with Crippen LogP contribution in [-0.2, 0) is 11.2 Å². The zero-order chi connectivity index (χ0) is 11.5. The van der Waals surface area contributed by atoms with Crippen LogP contribution < -0.4 is 17.0 Å². The molecule has 2 aromatic rings. The smallest absolute Gasteiger partial charge is 0.251 e. The molecule has 6 heteroatoms. The van der Waals surface area contributed by atoms with E-state index in [1.165, 1.54) is 6.39 Å². The van der Waals surface area contributed by atoms with Gasteiger partial charge in [0, 0.05) is 0 Å². The van der Waals surface area contributed by atoms with Crippen LogP contribution in [-0.4, -0.2) is 16.9 Å². The van der Waals surface area contributed by atoms with Crippen molar-refractivity contribution in [3.8, 4) is 0 Å². The number of hydrazine groups is 1. The molecule has 0 aliphatic heterocycles. The first-order valence-corrected chi connectivity index (χ1v) is 4.79. The third-order valence-corrected chi connectivity index (χ3v) is 2.33. The van der Waals surface area contributed by atoms with Gasteiger partial charge < -0.3 is 10.2 Å². The Morgan fingerprint density at radius 3 is 3.12 bits per heavy atom. The molecule has 84 valence electrons. The summed E-state index contributed by atoms with van der Waals surface area (Å²) in [5, 5.41) is 0. The highest BCUT2D eigenvalue weighted by Gasteiger charge is 2.13. The molecule has 1 amide bonds. The van der Waals surface area contributed by atoms with E-state index in [9.17, 15) is 4.79 Å². The van der Waals surface area contributed by atoms with Gasteiger partial charge in [0.1, 0.15) is 5.52 Å². The van der Waals surface area contributed by atoms with Gasteiger partial charge in [0.05, 0.1) is 6.04 Å². The number of aromatic nitrogens is 1. The number of rotatable bonds is 3. The Labute approximate surface area is 91.6 Å². The molecular formula is C10H12N4O2. The first-order valence-electron chi connectivity index (χ1n) is 4.79. The molecular weight excluding hydrogens is 208 g/mol. The van der Waals surface area contributed by atoms with Gasteiger partial charge >= 0.3 is 0 Å². The Morgan fingerprint density at radius 1 is 1.56 bits per heavy atom. The standard InChI is InChI=1S/C10H12N4O2/c11-7(10(15)14-12)3-6-1-2-8-9(4-6)16-5-13-8/h1-2,4-5,7H,3,11-12H2,(H,14,15). The molecule has 0 saturated heterocycles. The second kappa shape index (κ2) is 4.30. The Kier molecular flexibility index (Phi) is 2.84. The number of hydrogen-bond acceptors (Lipinski definition) is 5. The average Bonchev–Trinajstić information content (AvgIpc) is 2.75. The molecule has 1 aromatic carbocycles. The molecule has 0 aliphatic rings. The minimum absolute atomic E-state index is 0.391. The lowest BCUT2D eigenvalue weighted by atomic mass is 10.1. The summed E-state index contributed by atoms with van der Waals surface area (Å²) in [5.41, 5.74) is 10.0. The molecule has 1 heterocycles. The summed E-state index contributed by atoms with van der Waals surface area (Å²) in [5.74, 6) is 4.60. The van der Waals surface area contributed by atoms with E-state index in [-0.39, 0.29) is 0 Å². The number of nitrogens with two attached hydrogens (primary N) is 2. The number of amides is 1. The van der Waals surface area contributed by atoms with Crippen molar-refractivity contribution in [1.29, 1.82) is 0 Å². The van der Waals surface area contributed by atoms with E-state index < -0.39 is 11.9 Å². The Bertz CT molecular complexity index is 508. The highest BCUT2D eigenvalue weighted by Crippen LogP contribution is 2.15. The highest BCUT2D eigenvalue weighted by atomic mass is 16.3. The maximum atomic E-state index is 11.1. The maximum absolute atomic E-state index is 11.1. The van der Waals surface area contributed by atoms with Gasteiger partial charge in [0.25, 0.3) is 5.91 Å². The van der Waals surface area contributed by atoms with E-state index in [2.05, 4.69) is 4.98 Å². The van der Waals surface area contributed by atoms with E-state index in [4.69, 9.17) is 16.0 Å². The number of nitrogens with zero attached hydrogens (tertiary/aromatic N) is 1. The molecule has 5 N–H and O–H groups in total. The number of fused-ring (bicyclic) bond motifs is 1. The first kappa shape index (κ1) is 10.6. The monoisotopic (exact) mass is 220 g/mol. The van der Waals surface area contributed by atoms with Gasteiger partial charge in [-0.25, -0.2) is 10.8 Å². The van der Waals surface area contributed by atoms with Crippen LogP contribution in [0, 0.1) is 0 Å². The summed E-state index contributed by atoms with van der Waals surface area (Å²) >= 11 is 0. The van der Waals surface area contributed by atoms with Crippen molar-refractivity contribution in [1.82, 2.24) is 10.4 Å². The SMILES string of the molecule is NNC(=O)C(N)Cc1ccc2ncoc2c1. The first-order chi connectivity index (χ1) is 7.70. The van der Waals surface area contributed by atoms with Crippen molar-refractivity contribution >= 4 is 17.0 Å². The number of carbonyl (C=O) groups is 1. The van der Waals surface area contributed by atoms with Gasteiger partial charge in [-0.3, -0.25) is 10.2 Å². The van der Waals surface area contributed by atoms with Gasteiger partial charge in [-0.1, -0.05) is 6.07 Å². The van der Waals surface area contributed by atoms with Gasteiger partial charge in [0.15, 0.2) is 12.0 Å². The van der Waals surface area contributed by atoms with Crippen LogP contribution in [0.4, 0.5) is 0 Å². The third-order valence-electron chi connectivity index (χ3n) is 2.33. The van der Waals surface area contributed by atoms with E-state index in [0.29, 0.717) is 12.0 Å². The molecule has 1 aromatic heterocycles. The number of nitrogens with one attached hydrogen (secondary N) is 1. The second-order valence-electron chi connectivity index (χ2n) is 3.47. The molecule has 6 nitrogen and oxygen atoms in total. The van der Waals surface area contributed by atoms with Crippen LogP contribution in [0.25, 0.3) is 11.1 Å². The molecule has 1 atom stereocenters. The molecule has 0 radical (unpaired) electrons. The van der Waals surface area contributed by atoms with Gasteiger partial charge in [-0.2, -0.15) is 0 Å². The van der Waals surface area contributed by atoms with Crippen molar-refractivity contribution < 1.29 is 9.21 Å². The van der Waals surface area contributed by atoms with Crippen LogP contribution >= 0.6 is 0 Å². The third kappa shape index (κ3) is 2.02. The summed E-state index contributed by atoms with van der Waals surface area (Å²) in [4.78, 5) is 15.1. The number of benzene rings is 1. The van der Waals surface area contributed by atoms with Gasteiger partial charge in [-0.05, 0) is 24.1 Å². The summed E-state index contributed by atoms with van der Waals surface area (Å²) < 4.78 is 5.15. The van der Waals surface area contributed by atoms with Crippen LogP contribution in [0.5, 0.6) is 0 Å². The van der Waals surface area contributed by atoms with Crippen LogP contribution in [0.2, 0.25) is 0 Å². The number of hydrogen-bond donors (Lipinski definition) is 3. The minimum atomic E-state index is -0.662. The molecule has 2 rings (SSSR count). The lowest BCUT2D eigenvalue weighted by Crippen LogP contribution is -2.45. The molecule has 0 fully saturated rings. The van der Waals surface area contributed by atoms with Crippen LogP contribution in [0.3, 0.4) is 0 Å². The molecule has 0 spiro atoms. The summed E-state index contributed by atoms with van der Waals surface area (Å²) in [6, 6.07) is 4.83. The molecule has 1 unspecified atom stereocenters. The van der Waals surface area contributed by atoms with Crippen LogP contribution in [0.1, 0.15) is 5.56 Å². The van der Waals surface area contributed by atoms with Gasteiger partial charge in [-0.15, -0.1) is 0 Å². The van der Waals surface area contributed by atoms with Crippen molar-refractivity contribution in [2.45, 2.75) is 12.5 Å². The molecule has 0 aliphatic carbocycles. The largest absolute Gasteiger partial charge is 0.443 e. The van der Waals surface area contributed by atoms with E-state index in [0.717, 1.165) is 11.1 Å². The zero-order valence-electron chi connectivity index (χ0n) is 8.51. The van der Waals surface area contributed by atoms with Crippen molar-refractivity contribution in [2.24, 2.45) is 11.6 Å². The summed E-state index contributed by atoms with van der Waals surface area (Å²) in [6.07, 6.45) is 1.78. The predicted octanol–water partition coefficient (Wildman–Crippen LogP) is -0.312. The predicted molar refractivity (Wildman–Crippen MR) is 58.0 cm³/mol. The summed E-state index contributed by atoms with van der Waals surface area (Å²) in [7, 11) is 0. The fraction of sp³-hybridized carbons (Fsp3) is 0.200. The van der Waals surface area contributed by atoms with Crippen molar-refractivity contribution in [3.05, 3.63) is 30.2 Å². The Morgan fingerprint density at radius 2 is 2.38 bits per heavy atom. The number of oxazole rings is 1. The van der Waals surface area contributed by atoms with Gasteiger partial charge in [0.2, 0.25) is 0 Å². The van der Waals surface area contributed by atoms with E-state index in [1.807, 2.05) is 23.6 Å². The maximum Gasteiger partial charge on any atom is 0.251 e. The van der Waals surface area contributed by atoms with Crippen molar-refractivity contribution in [3.63, 3.8) is 0 Å². The molecule has 0 bridgehead atoms. The molecule has 16 heavy (non-hydrogen) atoms. The fourth-order valence-electron chi connectivity index (χ4n) is 1.48. The van der Waals surface area contributed by atoms with Crippen LogP contribution in [0.15, 0.2) is 29.0 Å². The summed E-state index contributed by atoms with van der Waals surface area (Å²) in [6.45, 7) is 0. The Balaban J connectivity index is 2.17. The van der Waals surface area contributed by atoms with Crippen molar-refractivity contribution in [2.75, 3.05) is 0 Å². The van der Waals surface area contributed by atoms with E-state index in [1.54, 1.807) is 0 Å². The topological polar surface area (TPSA) is 107 Å².